The molecule has 1 atom stereocenters. The van der Waals surface area contributed by atoms with Gasteiger partial charge in [-0.2, -0.15) is 0 Å². The summed E-state index contributed by atoms with van der Waals surface area (Å²) in [7, 11) is 0. The Labute approximate surface area is 154 Å². The molecule has 2 rings (SSSR count). The van der Waals surface area contributed by atoms with Crippen molar-refractivity contribution in [2.45, 2.75) is 58.8 Å². The van der Waals surface area contributed by atoms with E-state index in [4.69, 9.17) is 4.84 Å². The van der Waals surface area contributed by atoms with Gasteiger partial charge in [-0.1, -0.05) is 37.8 Å². The zero-order valence-electron chi connectivity index (χ0n) is 15.4. The lowest BCUT2D eigenvalue weighted by Crippen LogP contribution is -2.36. The number of hydrogen-bond donors (Lipinski definition) is 0. The lowest BCUT2D eigenvalue weighted by molar-refractivity contribution is -0.178. The fourth-order valence-corrected chi connectivity index (χ4v) is 2.85. The number of rotatable bonds is 4. The van der Waals surface area contributed by atoms with Gasteiger partial charge in [0.25, 0.3) is 11.8 Å². The number of hydrogen-bond acceptors (Lipinski definition) is 4. The van der Waals surface area contributed by atoms with Crippen LogP contribution < -0.4 is 0 Å². The molecule has 138 valence electrons. The number of carbonyl (C=O) groups excluding carboxylic acids is 3. The number of benzene rings is 1. The van der Waals surface area contributed by atoms with E-state index in [0.29, 0.717) is 16.5 Å². The van der Waals surface area contributed by atoms with Crippen molar-refractivity contribution in [2.24, 2.45) is 5.92 Å². The molecule has 1 aromatic rings. The molecular formula is C21H25NO4. The highest BCUT2D eigenvalue weighted by atomic mass is 16.7. The van der Waals surface area contributed by atoms with Crippen molar-refractivity contribution in [1.29, 1.82) is 0 Å². The number of nitrogens with zero attached hydrogens (tertiary/aromatic N) is 1. The molecule has 2 amide bonds. The summed E-state index contributed by atoms with van der Waals surface area (Å²) < 4.78 is 0. The van der Waals surface area contributed by atoms with Gasteiger partial charge in [-0.05, 0) is 37.0 Å². The van der Waals surface area contributed by atoms with Crippen LogP contribution in [0.5, 0.6) is 0 Å². The van der Waals surface area contributed by atoms with Crippen molar-refractivity contribution < 1.29 is 19.2 Å². The maximum absolute atomic E-state index is 12.2. The van der Waals surface area contributed by atoms with E-state index in [2.05, 4.69) is 11.8 Å². The minimum absolute atomic E-state index is 0.0776. The molecule has 0 aromatic heterocycles. The van der Waals surface area contributed by atoms with Crippen LogP contribution in [-0.4, -0.2) is 22.8 Å². The smallest absolute Gasteiger partial charge is 0.325 e. The van der Waals surface area contributed by atoms with Gasteiger partial charge in [-0.25, -0.2) is 4.79 Å². The quantitative estimate of drug-likeness (QED) is 0.611. The standard InChI is InChI=1S/C21H25NO4/c1-3-20(24)22(16(2)23)26-21(25)19-13-11-18(12-14-19)15-17-9-7-5-4-6-8-10-17/h11-14,17H,3-7,9,15H2,1-2H3. The number of carbonyl (C=O) groups is 3. The van der Waals surface area contributed by atoms with E-state index in [1.165, 1.54) is 26.2 Å². The van der Waals surface area contributed by atoms with Gasteiger partial charge in [0.2, 0.25) is 0 Å². The van der Waals surface area contributed by atoms with E-state index in [1.54, 1.807) is 19.1 Å². The molecule has 0 spiro atoms. The van der Waals surface area contributed by atoms with Crippen LogP contribution in [0, 0.1) is 17.8 Å². The molecular weight excluding hydrogens is 330 g/mol. The monoisotopic (exact) mass is 355 g/mol. The Balaban J connectivity index is 2.00. The maximum atomic E-state index is 12.2. The molecule has 0 saturated carbocycles. The van der Waals surface area contributed by atoms with Crippen molar-refractivity contribution >= 4 is 17.8 Å². The third-order valence-corrected chi connectivity index (χ3v) is 4.32. The first kappa shape index (κ1) is 19.7. The van der Waals surface area contributed by atoms with Gasteiger partial charge in [0.15, 0.2) is 0 Å². The van der Waals surface area contributed by atoms with E-state index >= 15 is 0 Å². The first-order valence-electron chi connectivity index (χ1n) is 9.14. The molecule has 0 radical (unpaired) electrons. The zero-order valence-corrected chi connectivity index (χ0v) is 15.4. The molecule has 0 bridgehead atoms. The normalized spacial score (nSPS) is 16.5. The third-order valence-electron chi connectivity index (χ3n) is 4.32. The summed E-state index contributed by atoms with van der Waals surface area (Å²) >= 11 is 0. The molecule has 0 heterocycles. The molecule has 0 N–H and O–H groups in total. The van der Waals surface area contributed by atoms with Gasteiger partial charge in [0.05, 0.1) is 5.56 Å². The van der Waals surface area contributed by atoms with E-state index in [0.717, 1.165) is 24.8 Å². The van der Waals surface area contributed by atoms with Crippen LogP contribution in [0.15, 0.2) is 24.3 Å². The lowest BCUT2D eigenvalue weighted by atomic mass is 9.92. The van der Waals surface area contributed by atoms with Gasteiger partial charge in [-0.15, -0.1) is 11.0 Å². The topological polar surface area (TPSA) is 63.7 Å². The molecule has 5 nitrogen and oxygen atoms in total. The van der Waals surface area contributed by atoms with E-state index in [-0.39, 0.29) is 6.42 Å². The van der Waals surface area contributed by atoms with Crippen molar-refractivity contribution in [1.82, 2.24) is 5.06 Å². The van der Waals surface area contributed by atoms with Gasteiger partial charge in [0, 0.05) is 25.7 Å². The Morgan fingerprint density at radius 3 is 2.54 bits per heavy atom. The van der Waals surface area contributed by atoms with Gasteiger partial charge in [-0.3, -0.25) is 9.59 Å². The van der Waals surface area contributed by atoms with E-state index in [1.807, 2.05) is 12.1 Å². The third kappa shape index (κ3) is 5.73. The molecule has 0 fully saturated rings. The summed E-state index contributed by atoms with van der Waals surface area (Å²) in [5.41, 5.74) is 1.40. The Hall–Kier alpha value is -2.61. The summed E-state index contributed by atoms with van der Waals surface area (Å²) in [5, 5.41) is 0.514. The summed E-state index contributed by atoms with van der Waals surface area (Å²) in [6.07, 6.45) is 6.64. The molecule has 1 aliphatic rings. The predicted molar refractivity (Wildman–Crippen MR) is 97.7 cm³/mol. The molecule has 0 saturated heterocycles. The minimum Gasteiger partial charge on any atom is -0.325 e. The van der Waals surface area contributed by atoms with E-state index < -0.39 is 17.8 Å². The zero-order chi connectivity index (χ0) is 18.9. The van der Waals surface area contributed by atoms with Gasteiger partial charge >= 0.3 is 5.97 Å². The van der Waals surface area contributed by atoms with Crippen molar-refractivity contribution in [2.75, 3.05) is 0 Å². The second-order valence-corrected chi connectivity index (χ2v) is 6.46. The van der Waals surface area contributed by atoms with Crippen molar-refractivity contribution in [3.8, 4) is 11.8 Å². The molecule has 1 aromatic carbocycles. The molecule has 5 heteroatoms. The molecule has 1 aliphatic carbocycles. The van der Waals surface area contributed by atoms with Crippen molar-refractivity contribution in [3.63, 3.8) is 0 Å². The van der Waals surface area contributed by atoms with Crippen LogP contribution >= 0.6 is 0 Å². The Morgan fingerprint density at radius 2 is 1.88 bits per heavy atom. The van der Waals surface area contributed by atoms with Crippen LogP contribution in [0.3, 0.4) is 0 Å². The number of imide groups is 1. The highest BCUT2D eigenvalue weighted by Gasteiger charge is 2.22. The molecule has 1 unspecified atom stereocenters. The Kier molecular flexibility index (Phi) is 7.40. The maximum Gasteiger partial charge on any atom is 0.363 e. The molecule has 0 aliphatic heterocycles. The Morgan fingerprint density at radius 1 is 1.15 bits per heavy atom. The van der Waals surface area contributed by atoms with Crippen LogP contribution in [0.1, 0.15) is 68.3 Å². The van der Waals surface area contributed by atoms with Crippen LogP contribution in [-0.2, 0) is 20.8 Å². The SMILES string of the molecule is CCC(=O)N(OC(=O)c1ccc(CC2C#CCCCCC2)cc1)C(C)=O. The van der Waals surface area contributed by atoms with E-state index in [9.17, 15) is 14.4 Å². The largest absolute Gasteiger partial charge is 0.363 e. The summed E-state index contributed by atoms with van der Waals surface area (Å²) in [6, 6.07) is 7.05. The Bertz CT molecular complexity index is 712. The average Bonchev–Trinajstić information content (AvgIpc) is 2.61. The summed E-state index contributed by atoms with van der Waals surface area (Å²) in [5.74, 6) is 5.04. The first-order valence-corrected chi connectivity index (χ1v) is 9.14. The van der Waals surface area contributed by atoms with Crippen LogP contribution in [0.2, 0.25) is 0 Å². The molecule has 26 heavy (non-hydrogen) atoms. The van der Waals surface area contributed by atoms with Crippen LogP contribution in [0.25, 0.3) is 0 Å². The first-order chi connectivity index (χ1) is 12.5. The fraction of sp³-hybridized carbons (Fsp3) is 0.476. The highest BCUT2D eigenvalue weighted by molar-refractivity contribution is 5.96. The van der Waals surface area contributed by atoms with Gasteiger partial charge in [0.1, 0.15) is 0 Å². The fourth-order valence-electron chi connectivity index (χ4n) is 2.85. The van der Waals surface area contributed by atoms with Crippen LogP contribution in [0.4, 0.5) is 0 Å². The second-order valence-electron chi connectivity index (χ2n) is 6.46. The number of hydroxylamine groups is 2. The second kappa shape index (κ2) is 9.76. The van der Waals surface area contributed by atoms with Crippen molar-refractivity contribution in [3.05, 3.63) is 35.4 Å². The summed E-state index contributed by atoms with van der Waals surface area (Å²) in [6.45, 7) is 2.78. The minimum atomic E-state index is -0.723. The average molecular weight is 355 g/mol. The van der Waals surface area contributed by atoms with Gasteiger partial charge < -0.3 is 4.84 Å². The predicted octanol–water partition coefficient (Wildman–Crippen LogP) is 3.67. The summed E-state index contributed by atoms with van der Waals surface area (Å²) in [4.78, 5) is 40.2. The lowest BCUT2D eigenvalue weighted by Gasteiger charge is -2.17. The number of amides is 2. The highest BCUT2D eigenvalue weighted by Crippen LogP contribution is 2.18.